The predicted octanol–water partition coefficient (Wildman–Crippen LogP) is 3.89. The minimum Gasteiger partial charge on any atom is -0.406 e. The van der Waals surface area contributed by atoms with E-state index >= 15 is 0 Å². The van der Waals surface area contributed by atoms with Crippen molar-refractivity contribution in [3.63, 3.8) is 0 Å². The fourth-order valence-electron chi connectivity index (χ4n) is 2.13. The van der Waals surface area contributed by atoms with Crippen molar-refractivity contribution in [1.82, 2.24) is 0 Å². The van der Waals surface area contributed by atoms with Gasteiger partial charge in [-0.1, -0.05) is 31.4 Å². The van der Waals surface area contributed by atoms with Crippen molar-refractivity contribution in [2.24, 2.45) is 5.92 Å². The molecule has 0 spiro atoms. The van der Waals surface area contributed by atoms with Crippen molar-refractivity contribution in [3.8, 4) is 5.75 Å². The maximum Gasteiger partial charge on any atom is 0.573 e. The minimum atomic E-state index is -4.68. The maximum absolute atomic E-state index is 12.0. The lowest BCUT2D eigenvalue weighted by Gasteiger charge is -2.24. The van der Waals surface area contributed by atoms with Crippen LogP contribution in [-0.2, 0) is 11.2 Å². The van der Waals surface area contributed by atoms with Crippen molar-refractivity contribution in [3.05, 3.63) is 29.8 Å². The van der Waals surface area contributed by atoms with Crippen molar-refractivity contribution in [1.29, 1.82) is 0 Å². The summed E-state index contributed by atoms with van der Waals surface area (Å²) in [5.74, 6) is 0.400. The van der Waals surface area contributed by atoms with Crippen LogP contribution in [-0.4, -0.2) is 12.1 Å². The molecule has 2 nitrogen and oxygen atoms in total. The summed E-state index contributed by atoms with van der Waals surface area (Å²) >= 11 is 0. The summed E-state index contributed by atoms with van der Waals surface area (Å²) in [4.78, 5) is 11.7. The van der Waals surface area contributed by atoms with E-state index in [-0.39, 0.29) is 18.0 Å². The van der Waals surface area contributed by atoms with Gasteiger partial charge >= 0.3 is 6.36 Å². The van der Waals surface area contributed by atoms with Crippen LogP contribution < -0.4 is 4.74 Å². The Balaban J connectivity index is 1.85. The van der Waals surface area contributed by atoms with E-state index in [0.717, 1.165) is 18.4 Å². The lowest BCUT2D eigenvalue weighted by Crippen LogP contribution is -2.17. The fraction of sp³-hybridized carbons (Fsp3) is 0.500. The molecule has 0 N–H and O–H groups in total. The molecule has 1 aliphatic rings. The van der Waals surface area contributed by atoms with E-state index in [0.29, 0.717) is 12.3 Å². The molecule has 5 heteroatoms. The van der Waals surface area contributed by atoms with Gasteiger partial charge in [0.25, 0.3) is 0 Å². The molecule has 19 heavy (non-hydrogen) atoms. The van der Waals surface area contributed by atoms with Crippen molar-refractivity contribution in [2.75, 3.05) is 0 Å². The molecule has 0 amide bonds. The molecule has 1 aliphatic carbocycles. The Bertz CT molecular complexity index is 433. The number of carbonyl (C=O) groups excluding carboxylic acids is 1. The average molecular weight is 272 g/mol. The summed E-state index contributed by atoms with van der Waals surface area (Å²) in [6, 6.07) is 5.47. The highest BCUT2D eigenvalue weighted by atomic mass is 19.4. The Hall–Kier alpha value is -1.52. The molecule has 0 atom stereocenters. The van der Waals surface area contributed by atoms with E-state index in [1.54, 1.807) is 0 Å². The first-order valence-corrected chi connectivity index (χ1v) is 6.29. The Labute approximate surface area is 109 Å². The highest BCUT2D eigenvalue weighted by molar-refractivity contribution is 5.81. The van der Waals surface area contributed by atoms with Crippen LogP contribution in [0.4, 0.5) is 13.2 Å². The van der Waals surface area contributed by atoms with Crippen molar-refractivity contribution < 1.29 is 22.7 Å². The lowest BCUT2D eigenvalue weighted by molar-refractivity contribution is -0.274. The molecule has 1 fully saturated rings. The highest BCUT2D eigenvalue weighted by Crippen LogP contribution is 2.30. The Morgan fingerprint density at radius 3 is 2.32 bits per heavy atom. The SMILES string of the molecule is O=C(Cc1ccc(OC(F)(F)F)cc1)CC1CCC1. The first-order chi connectivity index (χ1) is 8.92. The van der Waals surface area contributed by atoms with Crippen LogP contribution in [0, 0.1) is 5.92 Å². The van der Waals surface area contributed by atoms with Crippen molar-refractivity contribution in [2.45, 2.75) is 38.5 Å². The number of halogens is 3. The van der Waals surface area contributed by atoms with Gasteiger partial charge in [-0.25, -0.2) is 0 Å². The predicted molar refractivity (Wildman–Crippen MR) is 63.8 cm³/mol. The lowest BCUT2D eigenvalue weighted by atomic mass is 9.81. The molecular weight excluding hydrogens is 257 g/mol. The monoisotopic (exact) mass is 272 g/mol. The third-order valence-corrected chi connectivity index (χ3v) is 3.30. The molecule has 0 radical (unpaired) electrons. The van der Waals surface area contributed by atoms with Crippen LogP contribution >= 0.6 is 0 Å². The van der Waals surface area contributed by atoms with Crippen molar-refractivity contribution >= 4 is 5.78 Å². The van der Waals surface area contributed by atoms with Gasteiger partial charge in [0, 0.05) is 12.8 Å². The van der Waals surface area contributed by atoms with Gasteiger partial charge in [-0.3, -0.25) is 4.79 Å². The molecule has 0 bridgehead atoms. The Morgan fingerprint density at radius 2 is 1.84 bits per heavy atom. The molecule has 1 saturated carbocycles. The highest BCUT2D eigenvalue weighted by Gasteiger charge is 2.31. The Morgan fingerprint density at radius 1 is 1.21 bits per heavy atom. The average Bonchev–Trinajstić information content (AvgIpc) is 2.24. The normalized spacial score (nSPS) is 15.9. The number of hydrogen-bond donors (Lipinski definition) is 0. The minimum absolute atomic E-state index is 0.147. The maximum atomic E-state index is 12.0. The molecular formula is C14H15F3O2. The Kier molecular flexibility index (Phi) is 4.12. The van der Waals surface area contributed by atoms with E-state index in [9.17, 15) is 18.0 Å². The molecule has 2 rings (SSSR count). The summed E-state index contributed by atoms with van der Waals surface area (Å²) in [5, 5.41) is 0. The summed E-state index contributed by atoms with van der Waals surface area (Å²) in [6.45, 7) is 0. The number of ketones is 1. The van der Waals surface area contributed by atoms with Crippen LogP contribution in [0.5, 0.6) is 5.75 Å². The number of ether oxygens (including phenoxy) is 1. The second kappa shape index (κ2) is 5.63. The first kappa shape index (κ1) is 13.9. The third-order valence-electron chi connectivity index (χ3n) is 3.30. The number of benzene rings is 1. The summed E-state index contributed by atoms with van der Waals surface area (Å²) in [5.41, 5.74) is 0.721. The summed E-state index contributed by atoms with van der Waals surface area (Å²) in [6.07, 6.45) is -0.388. The van der Waals surface area contributed by atoms with Crippen LogP contribution in [0.15, 0.2) is 24.3 Å². The summed E-state index contributed by atoms with van der Waals surface area (Å²) in [7, 11) is 0. The van der Waals surface area contributed by atoms with Crippen LogP contribution in [0.2, 0.25) is 0 Å². The smallest absolute Gasteiger partial charge is 0.406 e. The number of alkyl halides is 3. The number of carbonyl (C=O) groups is 1. The van der Waals surface area contributed by atoms with Gasteiger partial charge in [0.15, 0.2) is 0 Å². The molecule has 0 aliphatic heterocycles. The van der Waals surface area contributed by atoms with Crippen LogP contribution in [0.25, 0.3) is 0 Å². The van der Waals surface area contributed by atoms with Gasteiger partial charge in [0.1, 0.15) is 11.5 Å². The van der Waals surface area contributed by atoms with E-state index in [1.165, 1.54) is 30.7 Å². The van der Waals surface area contributed by atoms with E-state index in [2.05, 4.69) is 4.74 Å². The van der Waals surface area contributed by atoms with Gasteiger partial charge in [0.2, 0.25) is 0 Å². The first-order valence-electron chi connectivity index (χ1n) is 6.29. The zero-order valence-electron chi connectivity index (χ0n) is 10.4. The molecule has 1 aromatic rings. The molecule has 1 aromatic carbocycles. The zero-order chi connectivity index (χ0) is 13.9. The molecule has 0 aromatic heterocycles. The third kappa shape index (κ3) is 4.58. The molecule has 104 valence electrons. The van der Waals surface area contributed by atoms with E-state index in [1.807, 2.05) is 0 Å². The quantitative estimate of drug-likeness (QED) is 0.813. The van der Waals surface area contributed by atoms with E-state index in [4.69, 9.17) is 0 Å². The van der Waals surface area contributed by atoms with Gasteiger partial charge in [0.05, 0.1) is 0 Å². The number of Topliss-reactive ketones (excluding diaryl/α,β-unsaturated/α-hetero) is 1. The summed E-state index contributed by atoms with van der Waals surface area (Å²) < 4.78 is 39.7. The standard InChI is InChI=1S/C14H15F3O2/c15-14(16,17)19-13-6-4-11(5-7-13)9-12(18)8-10-2-1-3-10/h4-7,10H,1-3,8-9H2. The largest absolute Gasteiger partial charge is 0.573 e. The van der Waals surface area contributed by atoms with E-state index < -0.39 is 6.36 Å². The second-order valence-electron chi connectivity index (χ2n) is 4.91. The molecule has 0 unspecified atom stereocenters. The van der Waals surface area contributed by atoms with Gasteiger partial charge in [-0.15, -0.1) is 13.2 Å². The van der Waals surface area contributed by atoms with Gasteiger partial charge in [-0.2, -0.15) is 0 Å². The topological polar surface area (TPSA) is 26.3 Å². The fourth-order valence-corrected chi connectivity index (χ4v) is 2.13. The zero-order valence-corrected chi connectivity index (χ0v) is 10.4. The second-order valence-corrected chi connectivity index (χ2v) is 4.91. The van der Waals surface area contributed by atoms with Gasteiger partial charge < -0.3 is 4.74 Å². The number of rotatable bonds is 5. The molecule has 0 heterocycles. The van der Waals surface area contributed by atoms with Crippen LogP contribution in [0.1, 0.15) is 31.2 Å². The molecule has 0 saturated heterocycles. The number of hydrogen-bond acceptors (Lipinski definition) is 2. The van der Waals surface area contributed by atoms with Gasteiger partial charge in [-0.05, 0) is 23.6 Å². The van der Waals surface area contributed by atoms with Crippen LogP contribution in [0.3, 0.4) is 0 Å².